The predicted molar refractivity (Wildman–Crippen MR) is 62.4 cm³/mol. The highest BCUT2D eigenvalue weighted by atomic mass is 16.5. The fraction of sp³-hybridized carbons (Fsp3) is 0.231. The smallest absolute Gasteiger partial charge is 0.119 e. The van der Waals surface area contributed by atoms with E-state index in [9.17, 15) is 0 Å². The minimum absolute atomic E-state index is 0.642. The lowest BCUT2D eigenvalue weighted by atomic mass is 10.0. The summed E-state index contributed by atoms with van der Waals surface area (Å²) in [5.41, 5.74) is 2.58. The van der Waals surface area contributed by atoms with Crippen LogP contribution in [0, 0.1) is 11.3 Å². The van der Waals surface area contributed by atoms with Crippen LogP contribution in [-0.2, 0) is 6.42 Å². The summed E-state index contributed by atoms with van der Waals surface area (Å²) in [7, 11) is 1.63. The maximum atomic E-state index is 9.01. The van der Waals surface area contributed by atoms with E-state index in [2.05, 4.69) is 11.1 Å². The van der Waals surface area contributed by atoms with E-state index in [4.69, 9.17) is 10.00 Å². The van der Waals surface area contributed by atoms with Crippen molar-refractivity contribution in [3.63, 3.8) is 0 Å². The molecule has 0 radical (unpaired) electrons. The van der Waals surface area contributed by atoms with Crippen LogP contribution < -0.4 is 4.74 Å². The zero-order chi connectivity index (χ0) is 11.5. The topological polar surface area (TPSA) is 45.9 Å². The van der Waals surface area contributed by atoms with E-state index in [0.717, 1.165) is 28.6 Å². The van der Waals surface area contributed by atoms with Crippen LogP contribution in [0.2, 0.25) is 0 Å². The Labute approximate surface area is 94.3 Å². The van der Waals surface area contributed by atoms with Crippen molar-refractivity contribution in [3.05, 3.63) is 35.5 Å². The van der Waals surface area contributed by atoms with Crippen molar-refractivity contribution in [2.24, 2.45) is 0 Å². The summed E-state index contributed by atoms with van der Waals surface area (Å²) in [5, 5.41) is 10.0. The van der Waals surface area contributed by atoms with Gasteiger partial charge in [0.2, 0.25) is 0 Å². The Morgan fingerprint density at radius 2 is 2.25 bits per heavy atom. The third-order valence-electron chi connectivity index (χ3n) is 2.66. The Morgan fingerprint density at radius 3 is 2.88 bits per heavy atom. The predicted octanol–water partition coefficient (Wildman–Crippen LogP) is 2.68. The summed E-state index contributed by atoms with van der Waals surface area (Å²) in [4.78, 5) is 4.26. The summed E-state index contributed by atoms with van der Waals surface area (Å²) in [6.07, 6.45) is 2.45. The van der Waals surface area contributed by atoms with Gasteiger partial charge in [-0.3, -0.25) is 4.98 Å². The summed E-state index contributed by atoms with van der Waals surface area (Å²) in [6, 6.07) is 7.89. The van der Waals surface area contributed by atoms with Crippen LogP contribution in [0.15, 0.2) is 24.4 Å². The molecule has 0 amide bonds. The zero-order valence-electron chi connectivity index (χ0n) is 9.32. The second-order valence-electron chi connectivity index (χ2n) is 3.50. The third-order valence-corrected chi connectivity index (χ3v) is 2.66. The molecule has 0 spiro atoms. The van der Waals surface area contributed by atoms with Gasteiger partial charge < -0.3 is 4.74 Å². The van der Waals surface area contributed by atoms with Crippen molar-refractivity contribution < 1.29 is 4.74 Å². The van der Waals surface area contributed by atoms with Crippen molar-refractivity contribution in [3.8, 4) is 11.8 Å². The Hall–Kier alpha value is -2.08. The molecule has 2 rings (SSSR count). The number of nitrogens with zero attached hydrogens (tertiary/aromatic N) is 2. The lowest BCUT2D eigenvalue weighted by Gasteiger charge is -2.07. The average Bonchev–Trinajstić information content (AvgIpc) is 2.36. The number of fused-ring (bicyclic) bond motifs is 1. The minimum atomic E-state index is 0.642. The first kappa shape index (κ1) is 10.4. The fourth-order valence-corrected chi connectivity index (χ4v) is 1.83. The van der Waals surface area contributed by atoms with Crippen molar-refractivity contribution in [1.29, 1.82) is 5.26 Å². The lowest BCUT2D eigenvalue weighted by molar-refractivity contribution is 0.415. The van der Waals surface area contributed by atoms with Crippen molar-refractivity contribution >= 4 is 10.9 Å². The fourth-order valence-electron chi connectivity index (χ4n) is 1.83. The molecule has 0 N–H and O–H groups in total. The van der Waals surface area contributed by atoms with Crippen LogP contribution in [0.3, 0.4) is 0 Å². The number of ether oxygens (including phenoxy) is 1. The van der Waals surface area contributed by atoms with Gasteiger partial charge in [-0.1, -0.05) is 6.92 Å². The second kappa shape index (κ2) is 4.19. The van der Waals surface area contributed by atoms with E-state index in [0.29, 0.717) is 5.56 Å². The molecule has 0 aliphatic rings. The number of hydrogen-bond donors (Lipinski definition) is 0. The molecule has 0 aliphatic carbocycles. The number of benzene rings is 1. The van der Waals surface area contributed by atoms with Gasteiger partial charge in [-0.05, 0) is 30.2 Å². The van der Waals surface area contributed by atoms with Crippen LogP contribution >= 0.6 is 0 Å². The molecule has 0 saturated heterocycles. The molecule has 80 valence electrons. The monoisotopic (exact) mass is 212 g/mol. The standard InChI is InChI=1S/C13H12N2O/c1-3-11-9(7-14)8-15-13-5-4-10(16-2)6-12(11)13/h4-6,8H,3H2,1-2H3. The summed E-state index contributed by atoms with van der Waals surface area (Å²) >= 11 is 0. The first-order valence-electron chi connectivity index (χ1n) is 5.16. The number of pyridine rings is 1. The lowest BCUT2D eigenvalue weighted by Crippen LogP contribution is -1.93. The second-order valence-corrected chi connectivity index (χ2v) is 3.50. The van der Waals surface area contributed by atoms with Gasteiger partial charge in [0.15, 0.2) is 0 Å². The Morgan fingerprint density at radius 1 is 1.44 bits per heavy atom. The van der Waals surface area contributed by atoms with Crippen LogP contribution in [0.5, 0.6) is 5.75 Å². The van der Waals surface area contributed by atoms with Crippen LogP contribution in [0.1, 0.15) is 18.1 Å². The Balaban J connectivity index is 2.79. The van der Waals surface area contributed by atoms with E-state index in [1.54, 1.807) is 13.3 Å². The number of aryl methyl sites for hydroxylation is 1. The summed E-state index contributed by atoms with van der Waals surface area (Å²) < 4.78 is 5.18. The molecule has 0 saturated carbocycles. The molecular formula is C13H12N2O. The van der Waals surface area contributed by atoms with Gasteiger partial charge in [0.05, 0.1) is 18.2 Å². The molecule has 0 aliphatic heterocycles. The van der Waals surface area contributed by atoms with E-state index in [1.807, 2.05) is 25.1 Å². The molecule has 1 aromatic heterocycles. The van der Waals surface area contributed by atoms with Gasteiger partial charge in [-0.25, -0.2) is 0 Å². The minimum Gasteiger partial charge on any atom is -0.497 e. The average molecular weight is 212 g/mol. The van der Waals surface area contributed by atoms with Gasteiger partial charge in [-0.2, -0.15) is 5.26 Å². The Kier molecular flexibility index (Phi) is 2.74. The van der Waals surface area contributed by atoms with Gasteiger partial charge in [0, 0.05) is 11.6 Å². The van der Waals surface area contributed by atoms with Crippen LogP contribution in [0.4, 0.5) is 0 Å². The first-order valence-corrected chi connectivity index (χ1v) is 5.16. The van der Waals surface area contributed by atoms with Crippen molar-refractivity contribution in [2.45, 2.75) is 13.3 Å². The molecule has 1 heterocycles. The van der Waals surface area contributed by atoms with E-state index < -0.39 is 0 Å². The van der Waals surface area contributed by atoms with Gasteiger partial charge in [0.1, 0.15) is 11.8 Å². The van der Waals surface area contributed by atoms with Crippen LogP contribution in [-0.4, -0.2) is 12.1 Å². The van der Waals surface area contributed by atoms with E-state index in [-0.39, 0.29) is 0 Å². The third kappa shape index (κ3) is 1.59. The normalized spacial score (nSPS) is 10.1. The van der Waals surface area contributed by atoms with E-state index in [1.165, 1.54) is 0 Å². The molecule has 0 bridgehead atoms. The molecule has 0 unspecified atom stereocenters. The summed E-state index contributed by atoms with van der Waals surface area (Å²) in [6.45, 7) is 2.04. The highest BCUT2D eigenvalue weighted by Crippen LogP contribution is 2.24. The van der Waals surface area contributed by atoms with Gasteiger partial charge >= 0.3 is 0 Å². The van der Waals surface area contributed by atoms with Gasteiger partial charge in [-0.15, -0.1) is 0 Å². The molecule has 16 heavy (non-hydrogen) atoms. The zero-order valence-corrected chi connectivity index (χ0v) is 9.32. The molecule has 2 aromatic rings. The maximum Gasteiger partial charge on any atom is 0.119 e. The number of methoxy groups -OCH3 is 1. The quantitative estimate of drug-likeness (QED) is 0.768. The van der Waals surface area contributed by atoms with Crippen LogP contribution in [0.25, 0.3) is 10.9 Å². The molecule has 1 aromatic carbocycles. The van der Waals surface area contributed by atoms with Crippen molar-refractivity contribution in [2.75, 3.05) is 7.11 Å². The number of aromatic nitrogens is 1. The molecule has 3 nitrogen and oxygen atoms in total. The van der Waals surface area contributed by atoms with Gasteiger partial charge in [0.25, 0.3) is 0 Å². The highest BCUT2D eigenvalue weighted by Gasteiger charge is 2.07. The maximum absolute atomic E-state index is 9.01. The number of hydrogen-bond acceptors (Lipinski definition) is 3. The number of nitriles is 1. The SMILES string of the molecule is CCc1c(C#N)cnc2ccc(OC)cc12. The van der Waals surface area contributed by atoms with E-state index >= 15 is 0 Å². The first-order chi connectivity index (χ1) is 7.80. The highest BCUT2D eigenvalue weighted by molar-refractivity contribution is 5.85. The molecule has 3 heteroatoms. The van der Waals surface area contributed by atoms with Crippen molar-refractivity contribution in [1.82, 2.24) is 4.98 Å². The molecule has 0 atom stereocenters. The molecular weight excluding hydrogens is 200 g/mol. The largest absolute Gasteiger partial charge is 0.497 e. The number of rotatable bonds is 2. The summed E-state index contributed by atoms with van der Waals surface area (Å²) in [5.74, 6) is 0.791. The molecule has 0 fully saturated rings. The Bertz CT molecular complexity index is 570.